The Kier molecular flexibility index (Phi) is 7.87. The fourth-order valence-electron chi connectivity index (χ4n) is 2.87. The molecule has 0 unspecified atom stereocenters. The molecular formula is C14H30N2. The summed E-state index contributed by atoms with van der Waals surface area (Å²) in [7, 11) is 0. The van der Waals surface area contributed by atoms with Crippen molar-refractivity contribution in [3.05, 3.63) is 0 Å². The molecule has 0 aromatic heterocycles. The molecule has 0 aliphatic heterocycles. The molecule has 2 fully saturated rings. The molecule has 0 aromatic carbocycles. The van der Waals surface area contributed by atoms with Crippen LogP contribution in [0.3, 0.4) is 0 Å². The van der Waals surface area contributed by atoms with Crippen LogP contribution in [0.1, 0.15) is 71.1 Å². The van der Waals surface area contributed by atoms with Crippen LogP contribution in [-0.4, -0.2) is 18.6 Å². The Hall–Kier alpha value is -0.0800. The maximum atomic E-state index is 4.85. The molecule has 2 rings (SSSR count). The quantitative estimate of drug-likeness (QED) is 0.759. The molecule has 0 aromatic rings. The van der Waals surface area contributed by atoms with Crippen molar-refractivity contribution < 1.29 is 0 Å². The van der Waals surface area contributed by atoms with Gasteiger partial charge >= 0.3 is 0 Å². The number of hydrogen-bond donors (Lipinski definition) is 2. The topological polar surface area (TPSA) is 38.0 Å². The highest BCUT2D eigenvalue weighted by atomic mass is 14.9. The van der Waals surface area contributed by atoms with Crippen LogP contribution in [-0.2, 0) is 0 Å². The van der Waals surface area contributed by atoms with Crippen molar-refractivity contribution in [2.45, 2.75) is 83.2 Å². The van der Waals surface area contributed by atoms with Crippen LogP contribution in [0.2, 0.25) is 0 Å². The third-order valence-electron chi connectivity index (χ3n) is 3.68. The van der Waals surface area contributed by atoms with E-state index >= 15 is 0 Å². The molecule has 0 atom stereocenters. The van der Waals surface area contributed by atoms with E-state index in [2.05, 4.69) is 5.32 Å². The number of rotatable bonds is 2. The molecule has 16 heavy (non-hydrogen) atoms. The van der Waals surface area contributed by atoms with Crippen molar-refractivity contribution in [1.29, 1.82) is 0 Å². The summed E-state index contributed by atoms with van der Waals surface area (Å²) in [6, 6.07) is 1.74. The number of nitrogens with one attached hydrogen (secondary N) is 1. The van der Waals surface area contributed by atoms with Crippen molar-refractivity contribution in [3.63, 3.8) is 0 Å². The maximum absolute atomic E-state index is 4.85. The summed E-state index contributed by atoms with van der Waals surface area (Å²) in [5.41, 5.74) is 4.85. The molecule has 0 amide bonds. The van der Waals surface area contributed by atoms with Gasteiger partial charge in [0.2, 0.25) is 0 Å². The van der Waals surface area contributed by atoms with Crippen LogP contribution in [0.15, 0.2) is 0 Å². The van der Waals surface area contributed by atoms with Crippen LogP contribution < -0.4 is 11.1 Å². The van der Waals surface area contributed by atoms with Crippen LogP contribution in [0.4, 0.5) is 0 Å². The molecular weight excluding hydrogens is 196 g/mol. The van der Waals surface area contributed by atoms with Crippen LogP contribution in [0.25, 0.3) is 0 Å². The highest BCUT2D eigenvalue weighted by Gasteiger charge is 2.19. The van der Waals surface area contributed by atoms with Gasteiger partial charge < -0.3 is 11.1 Å². The summed E-state index contributed by atoms with van der Waals surface area (Å²) < 4.78 is 0. The van der Waals surface area contributed by atoms with E-state index in [1.54, 1.807) is 0 Å². The third kappa shape index (κ3) is 5.86. The lowest BCUT2D eigenvalue weighted by molar-refractivity contribution is 0.291. The van der Waals surface area contributed by atoms with Gasteiger partial charge in [0.25, 0.3) is 0 Å². The monoisotopic (exact) mass is 226 g/mol. The van der Waals surface area contributed by atoms with E-state index in [4.69, 9.17) is 5.73 Å². The van der Waals surface area contributed by atoms with Crippen molar-refractivity contribution >= 4 is 0 Å². The Morgan fingerprint density at radius 2 is 1.12 bits per heavy atom. The average molecular weight is 226 g/mol. The fraction of sp³-hybridized carbons (Fsp3) is 1.00. The molecule has 2 saturated carbocycles. The summed E-state index contributed by atoms with van der Waals surface area (Å²) in [6.07, 6.45) is 14.6. The van der Waals surface area contributed by atoms with E-state index in [0.717, 1.165) is 18.6 Å². The first-order chi connectivity index (χ1) is 7.86. The molecule has 2 nitrogen and oxygen atoms in total. The lowest BCUT2D eigenvalue weighted by Crippen LogP contribution is -2.40. The van der Waals surface area contributed by atoms with E-state index in [9.17, 15) is 0 Å². The molecule has 3 N–H and O–H groups in total. The molecule has 0 bridgehead atoms. The van der Waals surface area contributed by atoms with Crippen molar-refractivity contribution in [1.82, 2.24) is 5.32 Å². The fourth-order valence-corrected chi connectivity index (χ4v) is 2.87. The first kappa shape index (κ1) is 14.0. The molecule has 0 heterocycles. The predicted molar refractivity (Wildman–Crippen MR) is 71.6 cm³/mol. The molecule has 2 aliphatic carbocycles. The summed E-state index contributed by atoms with van der Waals surface area (Å²) >= 11 is 0. The standard InChI is InChI=1S/C12H23N.C2H7N/c1-3-7-11(8-4-1)13-12-9-5-2-6-10-12;1-2-3/h11-13H,1-10H2;2-3H2,1H3. The first-order valence-corrected chi connectivity index (χ1v) is 7.33. The van der Waals surface area contributed by atoms with E-state index in [-0.39, 0.29) is 0 Å². The zero-order chi connectivity index (χ0) is 11.6. The van der Waals surface area contributed by atoms with Crippen molar-refractivity contribution in [3.8, 4) is 0 Å². The summed E-state index contributed by atoms with van der Waals surface area (Å²) in [6.45, 7) is 2.65. The second-order valence-corrected chi connectivity index (χ2v) is 5.24. The largest absolute Gasteiger partial charge is 0.331 e. The lowest BCUT2D eigenvalue weighted by Gasteiger charge is -2.30. The minimum Gasteiger partial charge on any atom is -0.331 e. The van der Waals surface area contributed by atoms with Gasteiger partial charge in [0.15, 0.2) is 0 Å². The zero-order valence-corrected chi connectivity index (χ0v) is 11.0. The highest BCUT2D eigenvalue weighted by molar-refractivity contribution is 4.79. The maximum Gasteiger partial charge on any atom is 0.00696 e. The van der Waals surface area contributed by atoms with E-state index in [0.29, 0.717) is 0 Å². The molecule has 0 radical (unpaired) electrons. The van der Waals surface area contributed by atoms with E-state index < -0.39 is 0 Å². The van der Waals surface area contributed by atoms with Crippen LogP contribution in [0, 0.1) is 0 Å². The van der Waals surface area contributed by atoms with Gasteiger partial charge in [0.05, 0.1) is 0 Å². The van der Waals surface area contributed by atoms with E-state index in [1.165, 1.54) is 64.2 Å². The zero-order valence-electron chi connectivity index (χ0n) is 11.0. The summed E-state index contributed by atoms with van der Waals surface area (Å²) in [4.78, 5) is 0. The summed E-state index contributed by atoms with van der Waals surface area (Å²) in [5.74, 6) is 0. The van der Waals surface area contributed by atoms with Gasteiger partial charge in [-0.1, -0.05) is 45.4 Å². The number of nitrogens with two attached hydrogens (primary N) is 1. The van der Waals surface area contributed by atoms with Gasteiger partial charge in [0, 0.05) is 12.1 Å². The summed E-state index contributed by atoms with van der Waals surface area (Å²) in [5, 5.41) is 3.86. The van der Waals surface area contributed by atoms with Gasteiger partial charge in [-0.15, -0.1) is 0 Å². The second-order valence-electron chi connectivity index (χ2n) is 5.24. The number of hydrogen-bond acceptors (Lipinski definition) is 2. The Morgan fingerprint density at radius 3 is 1.44 bits per heavy atom. The van der Waals surface area contributed by atoms with Crippen LogP contribution in [0.5, 0.6) is 0 Å². The first-order valence-electron chi connectivity index (χ1n) is 7.33. The highest BCUT2D eigenvalue weighted by Crippen LogP contribution is 2.22. The normalized spacial score (nSPS) is 23.6. The third-order valence-corrected chi connectivity index (χ3v) is 3.68. The predicted octanol–water partition coefficient (Wildman–Crippen LogP) is 3.21. The molecule has 2 aliphatic rings. The minimum absolute atomic E-state index is 0.750. The van der Waals surface area contributed by atoms with Gasteiger partial charge in [0.1, 0.15) is 0 Å². The Bertz CT molecular complexity index is 131. The molecule has 96 valence electrons. The van der Waals surface area contributed by atoms with Crippen molar-refractivity contribution in [2.75, 3.05) is 6.54 Å². The molecule has 0 saturated heterocycles. The Labute approximate surface area is 101 Å². The SMILES string of the molecule is C1CCC(NC2CCCCC2)CC1.CCN. The smallest absolute Gasteiger partial charge is 0.00696 e. The molecule has 2 heteroatoms. The lowest BCUT2D eigenvalue weighted by atomic mass is 9.91. The molecule has 0 spiro atoms. The van der Waals surface area contributed by atoms with Crippen molar-refractivity contribution in [2.24, 2.45) is 5.73 Å². The average Bonchev–Trinajstić information content (AvgIpc) is 2.33. The van der Waals surface area contributed by atoms with Gasteiger partial charge in [-0.2, -0.15) is 0 Å². The Balaban J connectivity index is 0.000000386. The van der Waals surface area contributed by atoms with Gasteiger partial charge in [-0.25, -0.2) is 0 Å². The minimum atomic E-state index is 0.750. The van der Waals surface area contributed by atoms with Gasteiger partial charge in [-0.3, -0.25) is 0 Å². The van der Waals surface area contributed by atoms with Crippen LogP contribution >= 0.6 is 0 Å². The van der Waals surface area contributed by atoms with E-state index in [1.807, 2.05) is 6.92 Å². The van der Waals surface area contributed by atoms with Gasteiger partial charge in [-0.05, 0) is 32.2 Å². The Morgan fingerprint density at radius 1 is 0.812 bits per heavy atom. The second kappa shape index (κ2) is 9.00.